The van der Waals surface area contributed by atoms with Crippen LogP contribution in [0.3, 0.4) is 0 Å². The average Bonchev–Trinajstić information content (AvgIpc) is 2.38. The van der Waals surface area contributed by atoms with Gasteiger partial charge in [0.05, 0.1) is 7.11 Å². The van der Waals surface area contributed by atoms with Gasteiger partial charge in [-0.25, -0.2) is 0 Å². The van der Waals surface area contributed by atoms with Crippen molar-refractivity contribution in [2.75, 3.05) is 13.7 Å². The number of halogens is 1. The van der Waals surface area contributed by atoms with Crippen molar-refractivity contribution >= 4 is 15.9 Å². The molecule has 0 amide bonds. The average molecular weight is 316 g/mol. The molecule has 0 aromatic heterocycles. The van der Waals surface area contributed by atoms with Gasteiger partial charge in [-0.2, -0.15) is 0 Å². The lowest BCUT2D eigenvalue weighted by atomic mass is 9.94. The van der Waals surface area contributed by atoms with Crippen LogP contribution in [-0.4, -0.2) is 24.4 Å². The summed E-state index contributed by atoms with van der Waals surface area (Å²) >= 11 is 3.54. The normalized spacial score (nSPS) is 14.3. The van der Waals surface area contributed by atoms with Crippen LogP contribution >= 0.6 is 15.9 Å². The molecular weight excluding hydrogens is 294 g/mol. The summed E-state index contributed by atoms with van der Waals surface area (Å²) in [5.41, 5.74) is 1.13. The molecule has 18 heavy (non-hydrogen) atoms. The van der Waals surface area contributed by atoms with Crippen molar-refractivity contribution in [2.24, 2.45) is 0 Å². The van der Waals surface area contributed by atoms with Gasteiger partial charge in [0.25, 0.3) is 0 Å². The fourth-order valence-corrected chi connectivity index (χ4v) is 2.15. The summed E-state index contributed by atoms with van der Waals surface area (Å²) in [5, 5.41) is 12.6. The number of methoxy groups -OCH3 is 1. The van der Waals surface area contributed by atoms with E-state index in [1.54, 1.807) is 7.11 Å². The van der Waals surface area contributed by atoms with Gasteiger partial charge in [0.15, 0.2) is 0 Å². The predicted molar refractivity (Wildman–Crippen MR) is 77.9 cm³/mol. The fourth-order valence-electron chi connectivity index (χ4n) is 1.76. The number of ether oxygens (including phenoxy) is 1. The molecule has 0 radical (unpaired) electrons. The quantitative estimate of drug-likeness (QED) is 0.812. The molecule has 4 heteroatoms. The summed E-state index contributed by atoms with van der Waals surface area (Å²) in [4.78, 5) is 0. The molecule has 0 fully saturated rings. The molecule has 0 heterocycles. The van der Waals surface area contributed by atoms with E-state index in [9.17, 15) is 0 Å². The Bertz CT molecular complexity index is 384. The third-order valence-electron chi connectivity index (χ3n) is 3.40. The second kappa shape index (κ2) is 7.12. The van der Waals surface area contributed by atoms with Crippen LogP contribution < -0.4 is 10.1 Å². The zero-order chi connectivity index (χ0) is 13.6. The van der Waals surface area contributed by atoms with Crippen LogP contribution in [0, 0.1) is 0 Å². The molecule has 1 aromatic rings. The van der Waals surface area contributed by atoms with Gasteiger partial charge in [-0.15, -0.1) is 0 Å². The Morgan fingerprint density at radius 1 is 1.44 bits per heavy atom. The lowest BCUT2D eigenvalue weighted by Gasteiger charge is -2.29. The third-order valence-corrected chi connectivity index (χ3v) is 4.18. The maximum absolute atomic E-state index is 9.10. The first-order valence-electron chi connectivity index (χ1n) is 6.23. The topological polar surface area (TPSA) is 41.5 Å². The van der Waals surface area contributed by atoms with Crippen molar-refractivity contribution in [3.05, 3.63) is 28.2 Å². The Morgan fingerprint density at radius 2 is 2.17 bits per heavy atom. The lowest BCUT2D eigenvalue weighted by molar-refractivity contribution is 0.214. The first kappa shape index (κ1) is 15.5. The number of rotatable bonds is 7. The third kappa shape index (κ3) is 4.26. The molecule has 0 bridgehead atoms. The van der Waals surface area contributed by atoms with Crippen LogP contribution in [0.4, 0.5) is 0 Å². The molecular formula is C14H22BrNO2. The Kier molecular flexibility index (Phi) is 6.12. The molecule has 0 aliphatic rings. The molecule has 0 saturated heterocycles. The van der Waals surface area contributed by atoms with Crippen molar-refractivity contribution in [3.8, 4) is 5.75 Å². The molecule has 2 N–H and O–H groups in total. The van der Waals surface area contributed by atoms with E-state index < -0.39 is 0 Å². The minimum absolute atomic E-state index is 0.0305. The molecule has 0 saturated carbocycles. The Balaban J connectivity index is 2.72. The summed E-state index contributed by atoms with van der Waals surface area (Å²) in [6.07, 6.45) is 1.74. The Morgan fingerprint density at radius 3 is 2.72 bits per heavy atom. The maximum atomic E-state index is 9.10. The second-order valence-corrected chi connectivity index (χ2v) is 5.55. The molecule has 102 valence electrons. The van der Waals surface area contributed by atoms with Gasteiger partial charge < -0.3 is 15.2 Å². The number of aliphatic hydroxyl groups excluding tert-OH is 1. The van der Waals surface area contributed by atoms with Gasteiger partial charge in [-0.05, 0) is 43.5 Å². The number of hydrogen-bond acceptors (Lipinski definition) is 3. The predicted octanol–water partition coefficient (Wildman–Crippen LogP) is 3.10. The highest BCUT2D eigenvalue weighted by atomic mass is 79.9. The largest absolute Gasteiger partial charge is 0.497 e. The van der Waals surface area contributed by atoms with E-state index in [1.165, 1.54) is 0 Å². The first-order valence-corrected chi connectivity index (χ1v) is 7.02. The monoisotopic (exact) mass is 315 g/mol. The minimum Gasteiger partial charge on any atom is -0.497 e. The Labute approximate surface area is 118 Å². The molecule has 3 nitrogen and oxygen atoms in total. The number of aliphatic hydroxyl groups is 1. The van der Waals surface area contributed by atoms with E-state index in [0.717, 1.165) is 35.2 Å². The summed E-state index contributed by atoms with van der Waals surface area (Å²) in [5.74, 6) is 0.857. The molecule has 1 rings (SSSR count). The van der Waals surface area contributed by atoms with Crippen LogP contribution in [0.25, 0.3) is 0 Å². The maximum Gasteiger partial charge on any atom is 0.119 e. The van der Waals surface area contributed by atoms with E-state index in [4.69, 9.17) is 9.84 Å². The zero-order valence-electron chi connectivity index (χ0n) is 11.3. The van der Waals surface area contributed by atoms with Crippen LogP contribution in [-0.2, 0) is 6.54 Å². The lowest BCUT2D eigenvalue weighted by Crippen LogP contribution is -2.42. The summed E-state index contributed by atoms with van der Waals surface area (Å²) in [6, 6.07) is 5.94. The van der Waals surface area contributed by atoms with E-state index in [0.29, 0.717) is 0 Å². The highest BCUT2D eigenvalue weighted by Crippen LogP contribution is 2.23. The van der Waals surface area contributed by atoms with E-state index >= 15 is 0 Å². The highest BCUT2D eigenvalue weighted by Gasteiger charge is 2.20. The fraction of sp³-hybridized carbons (Fsp3) is 0.571. The SMILES string of the molecule is CCC(C)(CCO)NCc1cc(OC)ccc1Br. The van der Waals surface area contributed by atoms with Crippen molar-refractivity contribution in [1.29, 1.82) is 0 Å². The summed E-state index contributed by atoms with van der Waals surface area (Å²) in [6.45, 7) is 5.22. The van der Waals surface area contributed by atoms with E-state index in [2.05, 4.69) is 35.1 Å². The van der Waals surface area contributed by atoms with Crippen LogP contribution in [0.15, 0.2) is 22.7 Å². The van der Waals surface area contributed by atoms with Crippen LogP contribution in [0.5, 0.6) is 5.75 Å². The van der Waals surface area contributed by atoms with Crippen LogP contribution in [0.1, 0.15) is 32.3 Å². The van der Waals surface area contributed by atoms with E-state index in [1.807, 2.05) is 18.2 Å². The zero-order valence-corrected chi connectivity index (χ0v) is 12.9. The molecule has 0 spiro atoms. The summed E-state index contributed by atoms with van der Waals surface area (Å²) in [7, 11) is 1.67. The number of benzene rings is 1. The van der Waals surface area contributed by atoms with Gasteiger partial charge in [0.2, 0.25) is 0 Å². The van der Waals surface area contributed by atoms with E-state index in [-0.39, 0.29) is 12.1 Å². The van der Waals surface area contributed by atoms with Gasteiger partial charge >= 0.3 is 0 Å². The van der Waals surface area contributed by atoms with Crippen molar-refractivity contribution in [3.63, 3.8) is 0 Å². The number of nitrogens with one attached hydrogen (secondary N) is 1. The summed E-state index contributed by atoms with van der Waals surface area (Å²) < 4.78 is 6.29. The minimum atomic E-state index is -0.0305. The molecule has 0 aliphatic carbocycles. The second-order valence-electron chi connectivity index (χ2n) is 4.70. The van der Waals surface area contributed by atoms with Crippen molar-refractivity contribution in [2.45, 2.75) is 38.8 Å². The molecule has 1 atom stereocenters. The Hall–Kier alpha value is -0.580. The highest BCUT2D eigenvalue weighted by molar-refractivity contribution is 9.10. The first-order chi connectivity index (χ1) is 8.54. The van der Waals surface area contributed by atoms with Gasteiger partial charge in [0, 0.05) is 23.2 Å². The smallest absolute Gasteiger partial charge is 0.119 e. The van der Waals surface area contributed by atoms with Gasteiger partial charge in [-0.1, -0.05) is 22.9 Å². The van der Waals surface area contributed by atoms with Crippen molar-refractivity contribution in [1.82, 2.24) is 5.32 Å². The molecule has 1 aromatic carbocycles. The van der Waals surface area contributed by atoms with Gasteiger partial charge in [0.1, 0.15) is 5.75 Å². The molecule has 1 unspecified atom stereocenters. The van der Waals surface area contributed by atoms with Crippen molar-refractivity contribution < 1.29 is 9.84 Å². The standard InChI is InChI=1S/C14H22BrNO2/c1-4-14(2,7-8-17)16-10-11-9-12(18-3)5-6-13(11)15/h5-6,9,16-17H,4,7-8,10H2,1-3H3. The van der Waals surface area contributed by atoms with Gasteiger partial charge in [-0.3, -0.25) is 0 Å². The van der Waals surface area contributed by atoms with Crippen LogP contribution in [0.2, 0.25) is 0 Å². The number of hydrogen-bond donors (Lipinski definition) is 2. The molecule has 0 aliphatic heterocycles.